The highest BCUT2D eigenvalue weighted by molar-refractivity contribution is 7.92. The van der Waals surface area contributed by atoms with Crippen LogP contribution in [-0.2, 0) is 14.8 Å². The molecule has 9 heteroatoms. The Morgan fingerprint density at radius 1 is 1.35 bits per heavy atom. The Kier molecular flexibility index (Phi) is 5.12. The van der Waals surface area contributed by atoms with Gasteiger partial charge in [-0.1, -0.05) is 12.1 Å². The Balaban J connectivity index is 2.10. The maximum atomic E-state index is 13.8. The van der Waals surface area contributed by atoms with Crippen molar-refractivity contribution in [2.24, 2.45) is 5.10 Å². The molecule has 1 amide bonds. The molecule has 1 N–H and O–H groups in total. The summed E-state index contributed by atoms with van der Waals surface area (Å²) in [5.41, 5.74) is 1.95. The third-order valence-corrected chi connectivity index (χ3v) is 3.86. The van der Waals surface area contributed by atoms with Crippen molar-refractivity contribution in [3.63, 3.8) is 0 Å². The van der Waals surface area contributed by atoms with Crippen molar-refractivity contribution in [3.05, 3.63) is 54.2 Å². The molecular weight excluding hydrogens is 325 g/mol. The van der Waals surface area contributed by atoms with E-state index in [1.165, 1.54) is 30.7 Å². The average Bonchev–Trinajstić information content (AvgIpc) is 2.98. The number of carbonyl (C=O) groups excluding carboxylic acids is 1. The second-order valence-corrected chi connectivity index (χ2v) is 6.44. The first-order valence-corrected chi connectivity index (χ1v) is 8.30. The van der Waals surface area contributed by atoms with Gasteiger partial charge in [0.05, 0.1) is 24.4 Å². The number of furan rings is 1. The van der Waals surface area contributed by atoms with Crippen molar-refractivity contribution in [2.45, 2.75) is 0 Å². The predicted octanol–water partition coefficient (Wildman–Crippen LogP) is 1.34. The third kappa shape index (κ3) is 4.65. The van der Waals surface area contributed by atoms with Gasteiger partial charge in [0, 0.05) is 0 Å². The Labute approximate surface area is 132 Å². The number of anilines is 1. The van der Waals surface area contributed by atoms with Crippen molar-refractivity contribution >= 4 is 27.8 Å². The van der Waals surface area contributed by atoms with Gasteiger partial charge >= 0.3 is 0 Å². The minimum Gasteiger partial charge on any atom is -0.463 e. The van der Waals surface area contributed by atoms with Crippen LogP contribution in [0.25, 0.3) is 0 Å². The molecule has 1 aromatic heterocycles. The molecule has 0 aliphatic heterocycles. The lowest BCUT2D eigenvalue weighted by Gasteiger charge is -2.21. The van der Waals surface area contributed by atoms with Gasteiger partial charge in [-0.25, -0.2) is 18.2 Å². The molecule has 0 bridgehead atoms. The van der Waals surface area contributed by atoms with Crippen LogP contribution in [0.3, 0.4) is 0 Å². The summed E-state index contributed by atoms with van der Waals surface area (Å²) in [6.45, 7) is -0.602. The van der Waals surface area contributed by atoms with Gasteiger partial charge in [0.25, 0.3) is 5.91 Å². The minimum atomic E-state index is -3.84. The van der Waals surface area contributed by atoms with Gasteiger partial charge in [0.1, 0.15) is 18.1 Å². The van der Waals surface area contributed by atoms with Gasteiger partial charge in [-0.2, -0.15) is 5.10 Å². The van der Waals surface area contributed by atoms with Crippen molar-refractivity contribution in [1.82, 2.24) is 5.43 Å². The average molecular weight is 339 g/mol. The third-order valence-electron chi connectivity index (χ3n) is 2.73. The van der Waals surface area contributed by atoms with E-state index in [0.29, 0.717) is 10.1 Å². The van der Waals surface area contributed by atoms with E-state index in [0.717, 1.165) is 12.3 Å². The van der Waals surface area contributed by atoms with Crippen LogP contribution in [0.4, 0.5) is 10.1 Å². The van der Waals surface area contributed by atoms with Gasteiger partial charge < -0.3 is 4.42 Å². The quantitative estimate of drug-likeness (QED) is 0.635. The summed E-state index contributed by atoms with van der Waals surface area (Å²) >= 11 is 0. The Morgan fingerprint density at radius 3 is 2.70 bits per heavy atom. The van der Waals surface area contributed by atoms with E-state index in [-0.39, 0.29) is 5.69 Å². The monoisotopic (exact) mass is 339 g/mol. The lowest BCUT2D eigenvalue weighted by molar-refractivity contribution is -0.119. The van der Waals surface area contributed by atoms with E-state index in [1.807, 2.05) is 0 Å². The van der Waals surface area contributed by atoms with Crippen LogP contribution in [0.2, 0.25) is 0 Å². The Bertz CT molecular complexity index is 803. The normalized spacial score (nSPS) is 11.6. The summed E-state index contributed by atoms with van der Waals surface area (Å²) in [6.07, 6.45) is 3.58. The molecule has 0 fully saturated rings. The van der Waals surface area contributed by atoms with Crippen molar-refractivity contribution < 1.29 is 22.0 Å². The van der Waals surface area contributed by atoms with Gasteiger partial charge in [-0.3, -0.25) is 9.10 Å². The number of nitrogens with one attached hydrogen (secondary N) is 1. The molecule has 122 valence electrons. The molecule has 0 radical (unpaired) electrons. The summed E-state index contributed by atoms with van der Waals surface area (Å²) in [6, 6.07) is 8.55. The molecule has 0 saturated heterocycles. The number of para-hydroxylation sites is 1. The maximum absolute atomic E-state index is 13.8. The van der Waals surface area contributed by atoms with Crippen LogP contribution in [0.1, 0.15) is 5.76 Å². The zero-order chi connectivity index (χ0) is 16.9. The number of benzene rings is 1. The standard InChI is InChI=1S/C14H14FN3O4S/c1-23(20,21)18(13-7-3-2-6-12(13)15)10-14(19)17-16-9-11-5-4-8-22-11/h2-9H,10H2,1H3,(H,17,19)/b16-9-. The van der Waals surface area contributed by atoms with E-state index in [4.69, 9.17) is 4.42 Å². The number of carbonyl (C=O) groups is 1. The Hall–Kier alpha value is -2.68. The van der Waals surface area contributed by atoms with Crippen LogP contribution in [-0.4, -0.2) is 33.3 Å². The molecule has 0 unspecified atom stereocenters. The molecule has 1 aromatic carbocycles. The van der Waals surface area contributed by atoms with Crippen molar-refractivity contribution in [2.75, 3.05) is 17.1 Å². The number of amides is 1. The predicted molar refractivity (Wildman–Crippen MR) is 83.0 cm³/mol. The summed E-state index contributed by atoms with van der Waals surface area (Å²) in [7, 11) is -3.84. The van der Waals surface area contributed by atoms with E-state index in [9.17, 15) is 17.6 Å². The molecule has 23 heavy (non-hydrogen) atoms. The van der Waals surface area contributed by atoms with Gasteiger partial charge in [-0.05, 0) is 24.3 Å². The van der Waals surface area contributed by atoms with Crippen molar-refractivity contribution in [3.8, 4) is 0 Å². The van der Waals surface area contributed by atoms with Gasteiger partial charge in [0.15, 0.2) is 0 Å². The second kappa shape index (κ2) is 7.05. The molecule has 2 rings (SSSR count). The highest BCUT2D eigenvalue weighted by Crippen LogP contribution is 2.20. The zero-order valence-corrected chi connectivity index (χ0v) is 13.0. The summed E-state index contributed by atoms with van der Waals surface area (Å²) < 4.78 is 43.0. The topological polar surface area (TPSA) is 92.0 Å². The minimum absolute atomic E-state index is 0.208. The summed E-state index contributed by atoms with van der Waals surface area (Å²) in [5.74, 6) is -1.05. The lowest BCUT2D eigenvalue weighted by Crippen LogP contribution is -2.39. The van der Waals surface area contributed by atoms with Gasteiger partial charge in [0.2, 0.25) is 10.0 Å². The van der Waals surface area contributed by atoms with E-state index in [1.54, 1.807) is 12.1 Å². The van der Waals surface area contributed by atoms with Crippen molar-refractivity contribution in [1.29, 1.82) is 0 Å². The molecule has 0 atom stereocenters. The molecular formula is C14H14FN3O4S. The van der Waals surface area contributed by atoms with E-state index in [2.05, 4.69) is 10.5 Å². The van der Waals surface area contributed by atoms with Crippen LogP contribution < -0.4 is 9.73 Å². The Morgan fingerprint density at radius 2 is 2.09 bits per heavy atom. The molecule has 7 nitrogen and oxygen atoms in total. The highest BCUT2D eigenvalue weighted by atomic mass is 32.2. The molecule has 0 aliphatic carbocycles. The fraction of sp³-hybridized carbons (Fsp3) is 0.143. The highest BCUT2D eigenvalue weighted by Gasteiger charge is 2.23. The number of hydrogen-bond donors (Lipinski definition) is 1. The first kappa shape index (κ1) is 16.7. The fourth-order valence-electron chi connectivity index (χ4n) is 1.73. The van der Waals surface area contributed by atoms with E-state index >= 15 is 0 Å². The molecule has 0 spiro atoms. The summed E-state index contributed by atoms with van der Waals surface area (Å²) in [5, 5.41) is 3.63. The summed E-state index contributed by atoms with van der Waals surface area (Å²) in [4.78, 5) is 11.8. The number of hydrazone groups is 1. The van der Waals surface area contributed by atoms with E-state index < -0.39 is 28.3 Å². The second-order valence-electron chi connectivity index (χ2n) is 4.53. The molecule has 0 aliphatic rings. The van der Waals surface area contributed by atoms with Crippen LogP contribution >= 0.6 is 0 Å². The molecule has 0 saturated carbocycles. The van der Waals surface area contributed by atoms with Crippen LogP contribution in [0.5, 0.6) is 0 Å². The van der Waals surface area contributed by atoms with Gasteiger partial charge in [-0.15, -0.1) is 0 Å². The van der Waals surface area contributed by atoms with Crippen LogP contribution in [0.15, 0.2) is 52.2 Å². The zero-order valence-electron chi connectivity index (χ0n) is 12.1. The number of sulfonamides is 1. The number of halogens is 1. The molecule has 1 heterocycles. The largest absolute Gasteiger partial charge is 0.463 e. The number of rotatable bonds is 6. The van der Waals surface area contributed by atoms with Crippen LogP contribution in [0, 0.1) is 5.82 Å². The SMILES string of the molecule is CS(=O)(=O)N(CC(=O)N/N=C\c1ccco1)c1ccccc1F. The lowest BCUT2D eigenvalue weighted by atomic mass is 10.3. The first-order chi connectivity index (χ1) is 10.9. The number of hydrogen-bond acceptors (Lipinski definition) is 5. The maximum Gasteiger partial charge on any atom is 0.260 e. The molecule has 2 aromatic rings. The first-order valence-electron chi connectivity index (χ1n) is 6.45. The fourth-order valence-corrected chi connectivity index (χ4v) is 2.59. The smallest absolute Gasteiger partial charge is 0.260 e. The number of nitrogens with zero attached hydrogens (tertiary/aromatic N) is 2.